The Morgan fingerprint density at radius 3 is 2.30 bits per heavy atom. The van der Waals surface area contributed by atoms with Gasteiger partial charge in [-0.25, -0.2) is 0 Å². The standard InChI is InChI=1S/C16H15N5O2/c17-15(22)11-16(21-19-12-18-20-21,13-7-3-1-4-8-13)23-14-9-5-2-6-10-14/h1-10,12H,11H2,(H2,17,22). The first kappa shape index (κ1) is 14.7. The number of amides is 1. The zero-order valence-corrected chi connectivity index (χ0v) is 12.2. The van der Waals surface area contributed by atoms with Gasteiger partial charge in [0.05, 0.1) is 6.42 Å². The normalized spacial score (nSPS) is 13.2. The number of nitrogens with zero attached hydrogens (tertiary/aromatic N) is 4. The van der Waals surface area contributed by atoms with Crippen molar-refractivity contribution in [3.63, 3.8) is 0 Å². The number of hydrogen-bond acceptors (Lipinski definition) is 5. The van der Waals surface area contributed by atoms with E-state index in [4.69, 9.17) is 10.5 Å². The molecule has 0 aliphatic carbocycles. The number of carbonyl (C=O) groups is 1. The third-order valence-electron chi connectivity index (χ3n) is 3.34. The second-order valence-electron chi connectivity index (χ2n) is 4.93. The Labute approximate surface area is 132 Å². The van der Waals surface area contributed by atoms with Crippen LogP contribution in [0.15, 0.2) is 67.0 Å². The molecule has 23 heavy (non-hydrogen) atoms. The van der Waals surface area contributed by atoms with Gasteiger partial charge in [-0.15, -0.1) is 15.0 Å². The summed E-state index contributed by atoms with van der Waals surface area (Å²) in [6, 6.07) is 18.3. The molecule has 0 fully saturated rings. The lowest BCUT2D eigenvalue weighted by atomic mass is 9.99. The molecule has 116 valence electrons. The number of rotatable bonds is 6. The molecule has 7 heteroatoms. The molecule has 2 aromatic carbocycles. The van der Waals surface area contributed by atoms with Crippen LogP contribution in [-0.4, -0.2) is 26.1 Å². The Kier molecular flexibility index (Phi) is 4.01. The molecule has 2 N–H and O–H groups in total. The van der Waals surface area contributed by atoms with Crippen LogP contribution in [0, 0.1) is 0 Å². The van der Waals surface area contributed by atoms with Gasteiger partial charge in [0.2, 0.25) is 5.91 Å². The minimum absolute atomic E-state index is 0.137. The average Bonchev–Trinajstić information content (AvgIpc) is 3.10. The van der Waals surface area contributed by atoms with Crippen LogP contribution in [0.1, 0.15) is 12.0 Å². The van der Waals surface area contributed by atoms with Gasteiger partial charge in [-0.3, -0.25) is 4.79 Å². The van der Waals surface area contributed by atoms with Gasteiger partial charge in [0.15, 0.2) is 6.33 Å². The van der Waals surface area contributed by atoms with Crippen LogP contribution in [0.4, 0.5) is 0 Å². The smallest absolute Gasteiger partial charge is 0.255 e. The molecule has 1 aromatic heterocycles. The van der Waals surface area contributed by atoms with Gasteiger partial charge in [0.25, 0.3) is 5.72 Å². The second kappa shape index (κ2) is 6.27. The topological polar surface area (TPSA) is 95.9 Å². The lowest BCUT2D eigenvalue weighted by Crippen LogP contribution is -2.46. The van der Waals surface area contributed by atoms with Crippen molar-refractivity contribution >= 4 is 5.91 Å². The maximum absolute atomic E-state index is 11.7. The minimum atomic E-state index is -1.30. The van der Waals surface area contributed by atoms with E-state index in [-0.39, 0.29) is 6.42 Å². The summed E-state index contributed by atoms with van der Waals surface area (Å²) in [5, 5.41) is 11.7. The van der Waals surface area contributed by atoms with Crippen molar-refractivity contribution in [1.29, 1.82) is 0 Å². The fraction of sp³-hybridized carbons (Fsp3) is 0.125. The molecule has 0 aliphatic heterocycles. The van der Waals surface area contributed by atoms with Crippen LogP contribution in [0.5, 0.6) is 5.75 Å². The highest BCUT2D eigenvalue weighted by atomic mass is 16.5. The van der Waals surface area contributed by atoms with Gasteiger partial charge < -0.3 is 10.5 Å². The zero-order valence-electron chi connectivity index (χ0n) is 12.2. The highest BCUT2D eigenvalue weighted by Gasteiger charge is 2.41. The fourth-order valence-electron chi connectivity index (χ4n) is 2.37. The van der Waals surface area contributed by atoms with E-state index < -0.39 is 11.6 Å². The number of tetrazole rings is 1. The van der Waals surface area contributed by atoms with Crippen LogP contribution in [-0.2, 0) is 10.5 Å². The number of ether oxygens (including phenoxy) is 1. The van der Waals surface area contributed by atoms with E-state index in [1.165, 1.54) is 11.1 Å². The zero-order chi connectivity index (χ0) is 16.1. The molecule has 0 radical (unpaired) electrons. The lowest BCUT2D eigenvalue weighted by Gasteiger charge is -2.32. The van der Waals surface area contributed by atoms with Crippen LogP contribution in [0.2, 0.25) is 0 Å². The number of aromatic nitrogens is 4. The van der Waals surface area contributed by atoms with E-state index in [9.17, 15) is 4.79 Å². The first-order valence-electron chi connectivity index (χ1n) is 7.02. The highest BCUT2D eigenvalue weighted by Crippen LogP contribution is 2.31. The summed E-state index contributed by atoms with van der Waals surface area (Å²) in [6.45, 7) is 0. The maximum Gasteiger partial charge on any atom is 0.255 e. The molecule has 0 bridgehead atoms. The molecule has 1 unspecified atom stereocenters. The Hall–Kier alpha value is -3.22. The molecular formula is C16H15N5O2. The summed E-state index contributed by atoms with van der Waals surface area (Å²) >= 11 is 0. The van der Waals surface area contributed by atoms with Gasteiger partial charge in [-0.1, -0.05) is 48.5 Å². The third kappa shape index (κ3) is 3.03. The van der Waals surface area contributed by atoms with Crippen molar-refractivity contribution in [3.05, 3.63) is 72.6 Å². The van der Waals surface area contributed by atoms with Crippen LogP contribution >= 0.6 is 0 Å². The molecule has 0 aliphatic rings. The van der Waals surface area contributed by atoms with E-state index in [0.717, 1.165) is 0 Å². The molecule has 0 saturated carbocycles. The summed E-state index contributed by atoms with van der Waals surface area (Å²) in [4.78, 5) is 13.0. The van der Waals surface area contributed by atoms with Crippen molar-refractivity contribution in [2.75, 3.05) is 0 Å². The molecule has 7 nitrogen and oxygen atoms in total. The lowest BCUT2D eigenvalue weighted by molar-refractivity contribution is -0.124. The number of hydrogen-bond donors (Lipinski definition) is 1. The number of carbonyl (C=O) groups excluding carboxylic acids is 1. The second-order valence-corrected chi connectivity index (χ2v) is 4.93. The molecule has 0 saturated heterocycles. The van der Waals surface area contributed by atoms with Crippen LogP contribution in [0.25, 0.3) is 0 Å². The van der Waals surface area contributed by atoms with Crippen molar-refractivity contribution in [1.82, 2.24) is 20.2 Å². The average molecular weight is 309 g/mol. The monoisotopic (exact) mass is 309 g/mol. The van der Waals surface area contributed by atoms with Gasteiger partial charge in [-0.05, 0) is 17.3 Å². The molecule has 0 spiro atoms. The minimum Gasteiger partial charge on any atom is -0.460 e. The Morgan fingerprint density at radius 2 is 1.74 bits per heavy atom. The Balaban J connectivity index is 2.15. The van der Waals surface area contributed by atoms with E-state index in [1.807, 2.05) is 48.5 Å². The Bertz CT molecular complexity index is 762. The van der Waals surface area contributed by atoms with E-state index in [2.05, 4.69) is 15.4 Å². The van der Waals surface area contributed by atoms with Gasteiger partial charge >= 0.3 is 0 Å². The van der Waals surface area contributed by atoms with Crippen LogP contribution < -0.4 is 10.5 Å². The summed E-state index contributed by atoms with van der Waals surface area (Å²) in [6.07, 6.45) is 1.15. The van der Waals surface area contributed by atoms with E-state index in [1.54, 1.807) is 12.1 Å². The molecular weight excluding hydrogens is 294 g/mol. The summed E-state index contributed by atoms with van der Waals surface area (Å²) in [7, 11) is 0. The van der Waals surface area contributed by atoms with E-state index in [0.29, 0.717) is 11.3 Å². The molecule has 3 rings (SSSR count). The predicted octanol–water partition coefficient (Wildman–Crippen LogP) is 1.33. The quantitative estimate of drug-likeness (QED) is 0.741. The fourth-order valence-corrected chi connectivity index (χ4v) is 2.37. The summed E-state index contributed by atoms with van der Waals surface area (Å²) in [5.74, 6) is 0.0250. The molecule has 1 amide bonds. The summed E-state index contributed by atoms with van der Waals surface area (Å²) in [5.41, 5.74) is 4.86. The maximum atomic E-state index is 11.7. The van der Waals surface area contributed by atoms with Crippen molar-refractivity contribution in [2.45, 2.75) is 12.1 Å². The Morgan fingerprint density at radius 1 is 1.09 bits per heavy atom. The number of nitrogens with two attached hydrogens (primary N) is 1. The largest absolute Gasteiger partial charge is 0.460 e. The van der Waals surface area contributed by atoms with Crippen LogP contribution in [0.3, 0.4) is 0 Å². The molecule has 3 aromatic rings. The van der Waals surface area contributed by atoms with Crippen molar-refractivity contribution in [2.24, 2.45) is 5.73 Å². The van der Waals surface area contributed by atoms with Gasteiger partial charge in [0.1, 0.15) is 5.75 Å². The van der Waals surface area contributed by atoms with Crippen molar-refractivity contribution in [3.8, 4) is 5.75 Å². The molecule has 1 heterocycles. The first-order valence-corrected chi connectivity index (χ1v) is 7.02. The van der Waals surface area contributed by atoms with Gasteiger partial charge in [-0.2, -0.15) is 0 Å². The number of primary amides is 1. The highest BCUT2D eigenvalue weighted by molar-refractivity contribution is 5.75. The SMILES string of the molecule is NC(=O)CC(Oc1ccccc1)(c1ccccc1)n1ncnn1. The van der Waals surface area contributed by atoms with Crippen molar-refractivity contribution < 1.29 is 9.53 Å². The molecule has 1 atom stereocenters. The number of para-hydroxylation sites is 1. The number of benzene rings is 2. The summed E-state index contributed by atoms with van der Waals surface area (Å²) < 4.78 is 6.14. The van der Waals surface area contributed by atoms with E-state index >= 15 is 0 Å². The predicted molar refractivity (Wildman–Crippen MR) is 82.2 cm³/mol. The van der Waals surface area contributed by atoms with Gasteiger partial charge in [0, 0.05) is 5.56 Å². The first-order chi connectivity index (χ1) is 11.2. The third-order valence-corrected chi connectivity index (χ3v) is 3.34.